The average molecular weight is 530 g/mol. The zero-order chi connectivity index (χ0) is 26.8. The second-order valence-electron chi connectivity index (χ2n) is 11.0. The van der Waals surface area contributed by atoms with Gasteiger partial charge in [0.05, 0.1) is 23.6 Å². The van der Waals surface area contributed by atoms with Gasteiger partial charge in [-0.1, -0.05) is 12.1 Å². The summed E-state index contributed by atoms with van der Waals surface area (Å²) in [6, 6.07) is 10.4. The zero-order valence-corrected chi connectivity index (χ0v) is 21.8. The second-order valence-corrected chi connectivity index (χ2v) is 11.0. The molecule has 2 aliphatic carbocycles. The first kappa shape index (κ1) is 25.2. The SMILES string of the molecule is COC1CC(c2cccc(N3Cc4c(cc(CNCC5CC5)cc4C(F)(F)F)C3=O)c2)(c2nn(C)n2C)C1.[HH]. The van der Waals surface area contributed by atoms with Crippen molar-refractivity contribution in [2.24, 2.45) is 20.0 Å². The van der Waals surface area contributed by atoms with Gasteiger partial charge in [-0.3, -0.25) is 9.48 Å². The van der Waals surface area contributed by atoms with E-state index in [-0.39, 0.29) is 30.6 Å². The molecule has 38 heavy (non-hydrogen) atoms. The maximum absolute atomic E-state index is 14.1. The molecule has 0 unspecified atom stereocenters. The number of nitrogens with one attached hydrogen (secondary N) is 1. The van der Waals surface area contributed by atoms with E-state index in [1.807, 2.05) is 37.0 Å². The number of carbonyl (C=O) groups is 1. The largest absolute Gasteiger partial charge is 0.416 e. The van der Waals surface area contributed by atoms with Crippen molar-refractivity contribution >= 4 is 11.6 Å². The van der Waals surface area contributed by atoms with Crippen LogP contribution in [0.2, 0.25) is 0 Å². The van der Waals surface area contributed by atoms with E-state index in [0.29, 0.717) is 23.7 Å². The Morgan fingerprint density at radius 2 is 1.95 bits per heavy atom. The highest BCUT2D eigenvalue weighted by molar-refractivity contribution is 6.10. The van der Waals surface area contributed by atoms with Gasteiger partial charge in [-0.2, -0.15) is 13.2 Å². The highest BCUT2D eigenvalue weighted by atomic mass is 19.4. The van der Waals surface area contributed by atoms with Crippen LogP contribution in [-0.4, -0.2) is 40.2 Å². The molecule has 2 heterocycles. The lowest BCUT2D eigenvalue weighted by Crippen LogP contribution is -2.51. The third kappa shape index (κ3) is 4.14. The Hall–Kier alpha value is -3.11. The van der Waals surface area contributed by atoms with Crippen LogP contribution in [0.4, 0.5) is 18.9 Å². The molecule has 0 spiro atoms. The third-order valence-electron chi connectivity index (χ3n) is 8.47. The number of rotatable bonds is 8. The molecular formula is C28H34F3N5O2. The van der Waals surface area contributed by atoms with Crippen molar-refractivity contribution in [3.8, 4) is 0 Å². The van der Waals surface area contributed by atoms with E-state index in [1.54, 1.807) is 24.0 Å². The molecule has 0 radical (unpaired) electrons. The molecule has 2 fully saturated rings. The minimum absolute atomic E-state index is 0. The van der Waals surface area contributed by atoms with Crippen molar-refractivity contribution in [2.75, 3.05) is 18.6 Å². The normalized spacial score (nSPS) is 23.2. The lowest BCUT2D eigenvalue weighted by atomic mass is 9.61. The third-order valence-corrected chi connectivity index (χ3v) is 8.47. The summed E-state index contributed by atoms with van der Waals surface area (Å²) < 4.78 is 49.9. The fourth-order valence-electron chi connectivity index (χ4n) is 5.95. The number of methoxy groups -OCH3 is 1. The Bertz CT molecular complexity index is 1390. The molecule has 3 aromatic rings. The number of amides is 1. The summed E-state index contributed by atoms with van der Waals surface area (Å²) in [6.45, 7) is 0.982. The minimum atomic E-state index is -4.54. The summed E-state index contributed by atoms with van der Waals surface area (Å²) in [5.74, 6) is 1.13. The van der Waals surface area contributed by atoms with E-state index in [9.17, 15) is 18.0 Å². The van der Waals surface area contributed by atoms with Crippen molar-refractivity contribution in [2.45, 2.75) is 56.5 Å². The standard InChI is InChI=1S/C28H32F3N5O2.H2/c1-34-26(33-35(34)2)27(12-21(13-27)38-3)19-5-4-6-20(11-19)36-16-23-22(25(36)37)9-18(10-24(23)28(29,30)31)15-32-14-17-7-8-17;/h4-6,9-11,17,21,32H,7-8,12-16H2,1-3H3;1H. The Balaban J connectivity index is 0.00000308. The lowest BCUT2D eigenvalue weighted by Gasteiger charge is -2.48. The summed E-state index contributed by atoms with van der Waals surface area (Å²) in [5, 5.41) is 7.86. The Labute approximate surface area is 221 Å². The number of nitrogens with zero attached hydrogens (tertiary/aromatic N) is 4. The highest BCUT2D eigenvalue weighted by Crippen LogP contribution is 2.50. The summed E-state index contributed by atoms with van der Waals surface area (Å²) in [4.78, 5) is 16.8. The van der Waals surface area contributed by atoms with Crippen molar-refractivity contribution in [3.05, 3.63) is 70.0 Å². The number of halogens is 3. The molecule has 0 atom stereocenters. The van der Waals surface area contributed by atoms with Crippen LogP contribution in [0.1, 0.15) is 65.5 Å². The zero-order valence-electron chi connectivity index (χ0n) is 21.8. The number of anilines is 1. The molecule has 6 rings (SSSR count). The quantitative estimate of drug-likeness (QED) is 0.456. The van der Waals surface area contributed by atoms with Gasteiger partial charge in [0, 0.05) is 40.4 Å². The molecule has 1 aliphatic heterocycles. The fraction of sp³-hybridized carbons (Fsp3) is 0.500. The number of hydrogen-bond donors (Lipinski definition) is 1. The maximum Gasteiger partial charge on any atom is 0.416 e. The van der Waals surface area contributed by atoms with Gasteiger partial charge in [-0.25, -0.2) is 4.80 Å². The molecule has 2 saturated carbocycles. The van der Waals surface area contributed by atoms with E-state index in [0.717, 1.165) is 43.6 Å². The van der Waals surface area contributed by atoms with Gasteiger partial charge in [0.2, 0.25) is 0 Å². The van der Waals surface area contributed by atoms with Crippen molar-refractivity contribution in [1.82, 2.24) is 19.9 Å². The Morgan fingerprint density at radius 1 is 1.18 bits per heavy atom. The molecule has 0 bridgehead atoms. The summed E-state index contributed by atoms with van der Waals surface area (Å²) in [7, 11) is 5.51. The Morgan fingerprint density at radius 3 is 2.58 bits per heavy atom. The monoisotopic (exact) mass is 529 g/mol. The van der Waals surface area contributed by atoms with Crippen LogP contribution >= 0.6 is 0 Å². The number of benzene rings is 2. The first-order valence-electron chi connectivity index (χ1n) is 13.1. The van der Waals surface area contributed by atoms with E-state index in [2.05, 4.69) is 10.4 Å². The lowest BCUT2D eigenvalue weighted by molar-refractivity contribution is -0.138. The van der Waals surface area contributed by atoms with Crippen molar-refractivity contribution in [1.29, 1.82) is 0 Å². The molecule has 3 aliphatic rings. The van der Waals surface area contributed by atoms with E-state index < -0.39 is 17.6 Å². The van der Waals surface area contributed by atoms with Crippen LogP contribution in [0, 0.1) is 5.92 Å². The van der Waals surface area contributed by atoms with Gasteiger partial charge in [0.1, 0.15) is 0 Å². The van der Waals surface area contributed by atoms with Gasteiger partial charge in [-0.05, 0) is 79.1 Å². The molecule has 0 saturated heterocycles. The number of fused-ring (bicyclic) bond motifs is 1. The van der Waals surface area contributed by atoms with E-state index in [4.69, 9.17) is 4.74 Å². The predicted octanol–water partition coefficient (Wildman–Crippen LogP) is 4.78. The molecule has 10 heteroatoms. The Kier molecular flexibility index (Phi) is 5.95. The number of aryl methyl sites for hydroxylation is 1. The number of carbonyl (C=O) groups excluding carboxylic acids is 1. The fourth-order valence-corrected chi connectivity index (χ4v) is 5.95. The van der Waals surface area contributed by atoms with Gasteiger partial charge in [0.15, 0.2) is 5.82 Å². The van der Waals surface area contributed by atoms with Crippen LogP contribution in [0.15, 0.2) is 36.4 Å². The molecule has 204 valence electrons. The van der Waals surface area contributed by atoms with E-state index in [1.165, 1.54) is 11.0 Å². The summed E-state index contributed by atoms with van der Waals surface area (Å²) in [6.07, 6.45) is -0.643. The molecule has 1 N–H and O–H groups in total. The first-order valence-corrected chi connectivity index (χ1v) is 13.1. The van der Waals surface area contributed by atoms with Crippen molar-refractivity contribution < 1.29 is 24.1 Å². The summed E-state index contributed by atoms with van der Waals surface area (Å²) >= 11 is 0. The van der Waals surface area contributed by atoms with Crippen LogP contribution in [-0.2, 0) is 43.5 Å². The van der Waals surface area contributed by atoms with Gasteiger partial charge in [0.25, 0.3) is 5.91 Å². The van der Waals surface area contributed by atoms with Crippen molar-refractivity contribution in [3.63, 3.8) is 0 Å². The highest BCUT2D eigenvalue weighted by Gasteiger charge is 2.51. The molecular weight excluding hydrogens is 495 g/mol. The van der Waals surface area contributed by atoms with Gasteiger partial charge >= 0.3 is 6.18 Å². The van der Waals surface area contributed by atoms with Crippen LogP contribution in [0.3, 0.4) is 0 Å². The molecule has 2 aromatic carbocycles. The van der Waals surface area contributed by atoms with Crippen LogP contribution < -0.4 is 10.2 Å². The van der Waals surface area contributed by atoms with Gasteiger partial charge < -0.3 is 15.0 Å². The molecule has 1 aromatic heterocycles. The van der Waals surface area contributed by atoms with Gasteiger partial charge in [-0.15, -0.1) is 5.10 Å². The number of ether oxygens (including phenoxy) is 1. The second kappa shape index (κ2) is 8.98. The smallest absolute Gasteiger partial charge is 0.381 e. The molecule has 1 amide bonds. The topological polar surface area (TPSA) is 64.3 Å². The maximum atomic E-state index is 14.1. The first-order chi connectivity index (χ1) is 18.1. The van der Waals surface area contributed by atoms with Crippen LogP contribution in [0.5, 0.6) is 0 Å². The number of alkyl halides is 3. The number of hydrogen-bond acceptors (Lipinski definition) is 4. The minimum Gasteiger partial charge on any atom is -0.381 e. The predicted molar refractivity (Wildman–Crippen MR) is 138 cm³/mol. The summed E-state index contributed by atoms with van der Waals surface area (Å²) in [5.41, 5.74) is 1.13. The molecule has 7 nitrogen and oxygen atoms in total. The average Bonchev–Trinajstić information content (AvgIpc) is 3.64. The van der Waals surface area contributed by atoms with Crippen LogP contribution in [0.25, 0.3) is 0 Å². The number of aromatic nitrogens is 3. The van der Waals surface area contributed by atoms with E-state index >= 15 is 0 Å².